The molecular weight excluding hydrogens is 240 g/mol. The number of rotatable bonds is 6. The fraction of sp³-hybridized carbons (Fsp3) is 0.571. The highest BCUT2D eigenvalue weighted by Gasteiger charge is 2.31. The topological polar surface area (TPSA) is 75.2 Å². The number of aryl methyl sites for hydroxylation is 2. The van der Waals surface area contributed by atoms with Crippen molar-refractivity contribution in [1.82, 2.24) is 4.98 Å². The van der Waals surface area contributed by atoms with E-state index in [1.807, 2.05) is 19.9 Å². The van der Waals surface area contributed by atoms with E-state index in [1.54, 1.807) is 7.11 Å². The van der Waals surface area contributed by atoms with E-state index in [0.29, 0.717) is 12.6 Å². The minimum Gasteiger partial charge on any atom is -0.384 e. The molecule has 1 aliphatic carbocycles. The molecule has 1 aromatic rings. The van der Waals surface area contributed by atoms with Gasteiger partial charge in [-0.1, -0.05) is 0 Å². The summed E-state index contributed by atoms with van der Waals surface area (Å²) in [6.45, 7) is 5.38. The number of nitrogens with two attached hydrogens (primary N) is 1. The van der Waals surface area contributed by atoms with Crippen molar-refractivity contribution in [2.45, 2.75) is 32.7 Å². The molecule has 0 atom stereocenters. The van der Waals surface area contributed by atoms with Gasteiger partial charge in [0.25, 0.3) is 0 Å². The average Bonchev–Trinajstić information content (AvgIpc) is 3.12. The Labute approximate surface area is 114 Å². The van der Waals surface area contributed by atoms with Gasteiger partial charge in [0.05, 0.1) is 23.6 Å². The van der Waals surface area contributed by atoms with E-state index in [9.17, 15) is 0 Å². The first kappa shape index (κ1) is 13.8. The molecule has 1 saturated carbocycles. The fourth-order valence-electron chi connectivity index (χ4n) is 2.44. The van der Waals surface area contributed by atoms with Gasteiger partial charge >= 0.3 is 0 Å². The highest BCUT2D eigenvalue weighted by molar-refractivity contribution is 6.01. The first-order chi connectivity index (χ1) is 9.04. The summed E-state index contributed by atoms with van der Waals surface area (Å²) in [6, 6.07) is 2.58. The number of hydrogen-bond donors (Lipinski definition) is 2. The van der Waals surface area contributed by atoms with Crippen LogP contribution in [0.4, 0.5) is 5.69 Å². The van der Waals surface area contributed by atoms with Crippen LogP contribution in [-0.4, -0.2) is 37.1 Å². The Balaban J connectivity index is 2.42. The maximum absolute atomic E-state index is 7.80. The average molecular weight is 262 g/mol. The smallest absolute Gasteiger partial charge is 0.126 e. The van der Waals surface area contributed by atoms with Crippen molar-refractivity contribution < 1.29 is 4.74 Å². The highest BCUT2D eigenvalue weighted by atomic mass is 16.5. The van der Waals surface area contributed by atoms with Gasteiger partial charge in [-0.05, 0) is 32.8 Å². The van der Waals surface area contributed by atoms with Crippen LogP contribution in [0.2, 0.25) is 0 Å². The van der Waals surface area contributed by atoms with Crippen LogP contribution in [0.3, 0.4) is 0 Å². The molecule has 0 amide bonds. The molecule has 0 unspecified atom stereocenters. The number of methoxy groups -OCH3 is 1. The molecule has 0 spiro atoms. The minimum atomic E-state index is 0.0862. The largest absolute Gasteiger partial charge is 0.384 e. The van der Waals surface area contributed by atoms with Crippen LogP contribution >= 0.6 is 0 Å². The molecule has 0 aromatic carbocycles. The van der Waals surface area contributed by atoms with E-state index in [1.165, 1.54) is 12.8 Å². The van der Waals surface area contributed by atoms with Crippen LogP contribution in [0.25, 0.3) is 0 Å². The van der Waals surface area contributed by atoms with Crippen LogP contribution in [0.1, 0.15) is 29.8 Å². The molecule has 0 saturated heterocycles. The van der Waals surface area contributed by atoms with Crippen molar-refractivity contribution in [3.8, 4) is 0 Å². The number of anilines is 1. The molecule has 5 nitrogen and oxygen atoms in total. The maximum Gasteiger partial charge on any atom is 0.126 e. The molecule has 1 aromatic heterocycles. The molecule has 1 aliphatic rings. The fourth-order valence-corrected chi connectivity index (χ4v) is 2.44. The second-order valence-electron chi connectivity index (χ2n) is 5.07. The molecule has 0 bridgehead atoms. The van der Waals surface area contributed by atoms with E-state index < -0.39 is 0 Å². The van der Waals surface area contributed by atoms with Gasteiger partial charge in [-0.3, -0.25) is 10.4 Å². The first-order valence-electron chi connectivity index (χ1n) is 6.62. The molecule has 0 aliphatic heterocycles. The van der Waals surface area contributed by atoms with Gasteiger partial charge in [-0.15, -0.1) is 0 Å². The van der Waals surface area contributed by atoms with E-state index in [2.05, 4.69) is 9.88 Å². The Morgan fingerprint density at radius 1 is 1.53 bits per heavy atom. The summed E-state index contributed by atoms with van der Waals surface area (Å²) in [7, 11) is 1.71. The van der Waals surface area contributed by atoms with Crippen molar-refractivity contribution in [1.29, 1.82) is 5.41 Å². The lowest BCUT2D eigenvalue weighted by molar-refractivity contribution is 0.205. The third-order valence-electron chi connectivity index (χ3n) is 3.41. The summed E-state index contributed by atoms with van der Waals surface area (Å²) in [5.41, 5.74) is 9.30. The summed E-state index contributed by atoms with van der Waals surface area (Å²) in [6.07, 6.45) is 2.39. The number of nitrogens with one attached hydrogen (secondary N) is 1. The number of hydrogen-bond acceptors (Lipinski definition) is 4. The molecule has 19 heavy (non-hydrogen) atoms. The van der Waals surface area contributed by atoms with Gasteiger partial charge in [-0.2, -0.15) is 0 Å². The molecule has 0 radical (unpaired) electrons. The lowest BCUT2D eigenvalue weighted by Crippen LogP contribution is -2.32. The Kier molecular flexibility index (Phi) is 4.04. The van der Waals surface area contributed by atoms with Gasteiger partial charge in [0.1, 0.15) is 5.84 Å². The molecule has 5 heteroatoms. The monoisotopic (exact) mass is 262 g/mol. The Morgan fingerprint density at radius 3 is 2.74 bits per heavy atom. The maximum atomic E-state index is 7.80. The van der Waals surface area contributed by atoms with Crippen molar-refractivity contribution in [3.63, 3.8) is 0 Å². The predicted octanol–water partition coefficient (Wildman–Crippen LogP) is 1.60. The third kappa shape index (κ3) is 3.04. The molecule has 1 heterocycles. The lowest BCUT2D eigenvalue weighted by Gasteiger charge is -2.27. The van der Waals surface area contributed by atoms with Gasteiger partial charge in [0.15, 0.2) is 0 Å². The molecule has 3 N–H and O–H groups in total. The zero-order valence-electron chi connectivity index (χ0n) is 11.9. The minimum absolute atomic E-state index is 0.0862. The number of nitrogens with zero attached hydrogens (tertiary/aromatic N) is 2. The summed E-state index contributed by atoms with van der Waals surface area (Å²) in [5, 5.41) is 7.80. The lowest BCUT2D eigenvalue weighted by atomic mass is 10.1. The Morgan fingerprint density at radius 2 is 2.21 bits per heavy atom. The second-order valence-corrected chi connectivity index (χ2v) is 5.07. The quantitative estimate of drug-likeness (QED) is 0.603. The molecule has 1 fully saturated rings. The van der Waals surface area contributed by atoms with Crippen LogP contribution in [0, 0.1) is 19.3 Å². The van der Waals surface area contributed by atoms with Crippen LogP contribution in [0.15, 0.2) is 6.07 Å². The molecular formula is C14H22N4O. The van der Waals surface area contributed by atoms with Crippen LogP contribution in [-0.2, 0) is 4.74 Å². The number of amidine groups is 1. The van der Waals surface area contributed by atoms with E-state index in [-0.39, 0.29) is 5.84 Å². The Bertz CT molecular complexity index is 483. The number of nitrogen functional groups attached to an aromatic ring is 1. The second kappa shape index (κ2) is 5.57. The van der Waals surface area contributed by atoms with Crippen molar-refractivity contribution in [2.24, 2.45) is 5.73 Å². The highest BCUT2D eigenvalue weighted by Crippen LogP contribution is 2.34. The van der Waals surface area contributed by atoms with Crippen LogP contribution in [0.5, 0.6) is 0 Å². The first-order valence-corrected chi connectivity index (χ1v) is 6.62. The van der Waals surface area contributed by atoms with Crippen molar-refractivity contribution >= 4 is 11.5 Å². The molecule has 2 rings (SSSR count). The normalized spacial score (nSPS) is 14.5. The number of ether oxygens (including phenoxy) is 1. The van der Waals surface area contributed by atoms with E-state index in [4.69, 9.17) is 15.9 Å². The summed E-state index contributed by atoms with van der Waals surface area (Å²) < 4.78 is 5.19. The van der Waals surface area contributed by atoms with E-state index >= 15 is 0 Å². The van der Waals surface area contributed by atoms with E-state index in [0.717, 1.165) is 29.2 Å². The van der Waals surface area contributed by atoms with Crippen molar-refractivity contribution in [2.75, 3.05) is 25.2 Å². The zero-order chi connectivity index (χ0) is 14.0. The molecule has 104 valence electrons. The van der Waals surface area contributed by atoms with Gasteiger partial charge in [0, 0.05) is 25.4 Å². The van der Waals surface area contributed by atoms with Crippen LogP contribution < -0.4 is 10.6 Å². The van der Waals surface area contributed by atoms with Gasteiger partial charge in [-0.25, -0.2) is 0 Å². The SMILES string of the molecule is COCCN(c1cc(C)nc(C)c1C(=N)N)C1CC1. The van der Waals surface area contributed by atoms with Gasteiger partial charge in [0.2, 0.25) is 0 Å². The Hall–Kier alpha value is -1.62. The zero-order valence-corrected chi connectivity index (χ0v) is 11.9. The number of aromatic nitrogens is 1. The predicted molar refractivity (Wildman–Crippen MR) is 77.0 cm³/mol. The third-order valence-corrected chi connectivity index (χ3v) is 3.41. The van der Waals surface area contributed by atoms with Gasteiger partial charge < -0.3 is 15.4 Å². The van der Waals surface area contributed by atoms with Crippen molar-refractivity contribution in [3.05, 3.63) is 23.0 Å². The summed E-state index contributed by atoms with van der Waals surface area (Å²) in [4.78, 5) is 6.73. The standard InChI is InChI=1S/C14H22N4O/c1-9-8-12(13(14(15)16)10(2)17-9)18(6-7-19-3)11-4-5-11/h8,11H,4-7H2,1-3H3,(H3,15,16). The summed E-state index contributed by atoms with van der Waals surface area (Å²) in [5.74, 6) is 0.0862. The number of pyridine rings is 1. The summed E-state index contributed by atoms with van der Waals surface area (Å²) >= 11 is 0.